The van der Waals surface area contributed by atoms with Crippen molar-refractivity contribution in [1.82, 2.24) is 5.32 Å². The molecule has 0 bridgehead atoms. The Morgan fingerprint density at radius 3 is 2.13 bits per heavy atom. The van der Waals surface area contributed by atoms with Crippen molar-refractivity contribution in [2.45, 2.75) is 6.92 Å². The summed E-state index contributed by atoms with van der Waals surface area (Å²) in [5, 5.41) is 5.65. The van der Waals surface area contributed by atoms with Crippen LogP contribution in [-0.2, 0) is 0 Å². The molecule has 0 aromatic heterocycles. The second kappa shape index (κ2) is 7.88. The first-order valence-electron chi connectivity index (χ1n) is 9.21. The van der Waals surface area contributed by atoms with Gasteiger partial charge >= 0.3 is 0 Å². The number of thiocarbonyl (C=S) groups is 1. The lowest BCUT2D eigenvalue weighted by Gasteiger charge is -2.16. The maximum absolute atomic E-state index is 12.7. The molecule has 3 aromatic carbocycles. The highest BCUT2D eigenvalue weighted by Crippen LogP contribution is 2.29. The number of hydrogen-bond acceptors (Lipinski definition) is 4. The molecule has 3 aromatic rings. The van der Waals surface area contributed by atoms with Crippen LogP contribution in [0, 0.1) is 6.92 Å². The zero-order valence-electron chi connectivity index (χ0n) is 16.0. The third-order valence-electron chi connectivity index (χ3n) is 4.70. The van der Waals surface area contributed by atoms with E-state index in [-0.39, 0.29) is 22.8 Å². The number of anilines is 2. The van der Waals surface area contributed by atoms with Crippen molar-refractivity contribution in [3.8, 4) is 0 Å². The Morgan fingerprint density at radius 2 is 1.50 bits per heavy atom. The second-order valence-corrected chi connectivity index (χ2v) is 7.22. The van der Waals surface area contributed by atoms with Gasteiger partial charge < -0.3 is 5.32 Å². The highest BCUT2D eigenvalue weighted by Gasteiger charge is 2.36. The second-order valence-electron chi connectivity index (χ2n) is 6.82. The number of aryl methyl sites for hydroxylation is 1. The van der Waals surface area contributed by atoms with Crippen molar-refractivity contribution in [2.24, 2.45) is 0 Å². The number of nitrogens with zero attached hydrogens (tertiary/aromatic N) is 1. The molecular formula is C23H17N3O3S. The largest absolute Gasteiger partial charge is 0.332 e. The molecule has 0 unspecified atom stereocenters. The molecule has 0 aliphatic carbocycles. The lowest BCUT2D eigenvalue weighted by atomic mass is 10.1. The van der Waals surface area contributed by atoms with Gasteiger partial charge in [0.1, 0.15) is 0 Å². The fraction of sp³-hybridized carbons (Fsp3) is 0.0435. The Balaban J connectivity index is 1.48. The van der Waals surface area contributed by atoms with Crippen molar-refractivity contribution >= 4 is 46.4 Å². The number of carbonyl (C=O) groups is 3. The minimum atomic E-state index is -0.372. The molecule has 1 aliphatic rings. The smallest absolute Gasteiger partial charge is 0.266 e. The molecule has 0 saturated heterocycles. The number of rotatable bonds is 3. The third-order valence-corrected chi connectivity index (χ3v) is 4.90. The van der Waals surface area contributed by atoms with Crippen LogP contribution in [0.15, 0.2) is 72.8 Å². The monoisotopic (exact) mass is 415 g/mol. The van der Waals surface area contributed by atoms with Crippen molar-refractivity contribution in [3.63, 3.8) is 0 Å². The SMILES string of the molecule is Cc1ccc(C(=O)NC(=S)Nc2cccc(N3C(=O)c4ccccc4C3=O)c2)cc1. The van der Waals surface area contributed by atoms with E-state index < -0.39 is 0 Å². The minimum Gasteiger partial charge on any atom is -0.332 e. The molecular weight excluding hydrogens is 398 g/mol. The van der Waals surface area contributed by atoms with Crippen LogP contribution >= 0.6 is 12.2 Å². The van der Waals surface area contributed by atoms with E-state index in [0.29, 0.717) is 28.1 Å². The van der Waals surface area contributed by atoms with Gasteiger partial charge in [0, 0.05) is 11.3 Å². The topological polar surface area (TPSA) is 78.5 Å². The maximum atomic E-state index is 12.7. The first kappa shape index (κ1) is 19.5. The van der Waals surface area contributed by atoms with E-state index >= 15 is 0 Å². The molecule has 2 N–H and O–H groups in total. The Hall–Kier alpha value is -3.84. The van der Waals surface area contributed by atoms with Crippen LogP contribution in [0.4, 0.5) is 11.4 Å². The van der Waals surface area contributed by atoms with Crippen LogP contribution in [-0.4, -0.2) is 22.8 Å². The predicted octanol–water partition coefficient (Wildman–Crippen LogP) is 3.92. The molecule has 0 radical (unpaired) electrons. The van der Waals surface area contributed by atoms with E-state index in [9.17, 15) is 14.4 Å². The average Bonchev–Trinajstić information content (AvgIpc) is 2.99. The quantitative estimate of drug-likeness (QED) is 0.501. The van der Waals surface area contributed by atoms with E-state index in [1.165, 1.54) is 0 Å². The van der Waals surface area contributed by atoms with Gasteiger partial charge in [0.05, 0.1) is 16.8 Å². The summed E-state index contributed by atoms with van der Waals surface area (Å²) in [6.07, 6.45) is 0. The molecule has 148 valence electrons. The number of carbonyl (C=O) groups excluding carboxylic acids is 3. The molecule has 0 fully saturated rings. The van der Waals surface area contributed by atoms with E-state index in [2.05, 4.69) is 10.6 Å². The minimum absolute atomic E-state index is 0.111. The molecule has 30 heavy (non-hydrogen) atoms. The molecule has 1 heterocycles. The van der Waals surface area contributed by atoms with Gasteiger partial charge in [-0.3, -0.25) is 19.7 Å². The average molecular weight is 415 g/mol. The Labute approximate surface area is 178 Å². The maximum Gasteiger partial charge on any atom is 0.266 e. The Kier molecular flexibility index (Phi) is 5.12. The highest BCUT2D eigenvalue weighted by molar-refractivity contribution is 7.80. The van der Waals surface area contributed by atoms with Gasteiger partial charge in [0.15, 0.2) is 5.11 Å². The summed E-state index contributed by atoms with van der Waals surface area (Å²) in [7, 11) is 0. The summed E-state index contributed by atoms with van der Waals surface area (Å²) >= 11 is 5.23. The first-order valence-corrected chi connectivity index (χ1v) is 9.62. The zero-order chi connectivity index (χ0) is 21.3. The van der Waals surface area contributed by atoms with Crippen molar-refractivity contribution < 1.29 is 14.4 Å². The van der Waals surface area contributed by atoms with Gasteiger partial charge in [0.2, 0.25) is 0 Å². The zero-order valence-corrected chi connectivity index (χ0v) is 16.8. The highest BCUT2D eigenvalue weighted by atomic mass is 32.1. The summed E-state index contributed by atoms with van der Waals surface area (Å²) in [6.45, 7) is 1.94. The fourth-order valence-electron chi connectivity index (χ4n) is 3.19. The van der Waals surface area contributed by atoms with Crippen LogP contribution in [0.5, 0.6) is 0 Å². The lowest BCUT2D eigenvalue weighted by Crippen LogP contribution is -2.34. The first-order chi connectivity index (χ1) is 14.4. The fourth-order valence-corrected chi connectivity index (χ4v) is 3.40. The van der Waals surface area contributed by atoms with Gasteiger partial charge in [-0.2, -0.15) is 0 Å². The molecule has 6 nitrogen and oxygen atoms in total. The van der Waals surface area contributed by atoms with Gasteiger partial charge in [-0.25, -0.2) is 4.90 Å². The van der Waals surface area contributed by atoms with Gasteiger partial charge in [0.25, 0.3) is 17.7 Å². The van der Waals surface area contributed by atoms with E-state index in [1.54, 1.807) is 60.7 Å². The Morgan fingerprint density at radius 1 is 0.867 bits per heavy atom. The predicted molar refractivity (Wildman–Crippen MR) is 119 cm³/mol. The van der Waals surface area contributed by atoms with E-state index in [1.807, 2.05) is 19.1 Å². The molecule has 7 heteroatoms. The van der Waals surface area contributed by atoms with Crippen molar-refractivity contribution in [1.29, 1.82) is 0 Å². The standard InChI is InChI=1S/C23H17N3O3S/c1-14-9-11-15(12-10-14)20(27)25-23(30)24-16-5-4-6-17(13-16)26-21(28)18-7-2-3-8-19(18)22(26)29/h2-13H,1H3,(H2,24,25,27,30). The lowest BCUT2D eigenvalue weighted by molar-refractivity contribution is 0.0924. The summed E-state index contributed by atoms with van der Waals surface area (Å²) in [4.78, 5) is 38.8. The third kappa shape index (κ3) is 3.70. The summed E-state index contributed by atoms with van der Waals surface area (Å²) < 4.78 is 0. The van der Waals surface area contributed by atoms with Crippen LogP contribution in [0.1, 0.15) is 36.6 Å². The molecule has 0 spiro atoms. The molecule has 3 amide bonds. The molecule has 1 aliphatic heterocycles. The van der Waals surface area contributed by atoms with Gasteiger partial charge in [-0.1, -0.05) is 35.9 Å². The number of imide groups is 1. The van der Waals surface area contributed by atoms with Crippen LogP contribution in [0.25, 0.3) is 0 Å². The van der Waals surface area contributed by atoms with Gasteiger partial charge in [-0.05, 0) is 61.6 Å². The number of fused-ring (bicyclic) bond motifs is 1. The summed E-state index contributed by atoms with van der Waals surface area (Å²) in [6, 6.07) is 20.6. The van der Waals surface area contributed by atoms with Crippen LogP contribution in [0.3, 0.4) is 0 Å². The summed E-state index contributed by atoms with van der Waals surface area (Å²) in [5.74, 6) is -1.07. The van der Waals surface area contributed by atoms with Crippen LogP contribution in [0.2, 0.25) is 0 Å². The number of amides is 3. The van der Waals surface area contributed by atoms with Crippen molar-refractivity contribution in [3.05, 3.63) is 95.1 Å². The van der Waals surface area contributed by atoms with Crippen molar-refractivity contribution in [2.75, 3.05) is 10.2 Å². The number of nitrogens with one attached hydrogen (secondary N) is 2. The normalized spacial score (nSPS) is 12.5. The summed E-state index contributed by atoms with van der Waals surface area (Å²) in [5.41, 5.74) is 3.25. The molecule has 4 rings (SSSR count). The van der Waals surface area contributed by atoms with Crippen LogP contribution < -0.4 is 15.5 Å². The van der Waals surface area contributed by atoms with E-state index in [0.717, 1.165) is 10.5 Å². The molecule has 0 saturated carbocycles. The number of hydrogen-bond donors (Lipinski definition) is 2. The van der Waals surface area contributed by atoms with Gasteiger partial charge in [-0.15, -0.1) is 0 Å². The Bertz CT molecular complexity index is 1150. The molecule has 0 atom stereocenters. The number of benzene rings is 3. The van der Waals surface area contributed by atoms with E-state index in [4.69, 9.17) is 12.2 Å².